The number of phenols is 1. The molecule has 0 heterocycles. The first-order valence-corrected chi connectivity index (χ1v) is 3.93. The molecule has 0 aromatic heterocycles. The summed E-state index contributed by atoms with van der Waals surface area (Å²) in [5.41, 5.74) is 5.37. The van der Waals surface area contributed by atoms with Gasteiger partial charge in [0.2, 0.25) is 0 Å². The lowest BCUT2D eigenvalue weighted by atomic mass is 10.1. The van der Waals surface area contributed by atoms with E-state index in [1.165, 1.54) is 0 Å². The first-order chi connectivity index (χ1) is 6.57. The number of hydrogen-bond donors (Lipinski definition) is 3. The highest BCUT2D eigenvalue weighted by Crippen LogP contribution is 2.31. The third-order valence-corrected chi connectivity index (χ3v) is 1.87. The van der Waals surface area contributed by atoms with Crippen LogP contribution in [0.2, 0.25) is 0 Å². The van der Waals surface area contributed by atoms with E-state index < -0.39 is 4.92 Å². The van der Waals surface area contributed by atoms with Gasteiger partial charge in [0.25, 0.3) is 5.69 Å². The van der Waals surface area contributed by atoms with E-state index in [4.69, 9.17) is 10.8 Å². The average Bonchev–Trinajstić information content (AvgIpc) is 2.13. The summed E-state index contributed by atoms with van der Waals surface area (Å²) in [5, 5.41) is 28.4. The predicted molar refractivity (Wildman–Crippen MR) is 50.0 cm³/mol. The minimum Gasteiger partial charge on any atom is -0.506 e. The Morgan fingerprint density at radius 1 is 1.50 bits per heavy atom. The number of nitro benzene ring substituents is 1. The number of aliphatic hydroxyl groups is 1. The molecule has 0 unspecified atom stereocenters. The number of benzene rings is 1. The van der Waals surface area contributed by atoms with Crippen molar-refractivity contribution in [2.45, 2.75) is 6.42 Å². The van der Waals surface area contributed by atoms with E-state index >= 15 is 0 Å². The molecule has 6 nitrogen and oxygen atoms in total. The van der Waals surface area contributed by atoms with Crippen LogP contribution in [-0.4, -0.2) is 21.7 Å². The predicted octanol–water partition coefficient (Wildman–Crippen LogP) is 0.417. The molecule has 0 fully saturated rings. The number of aromatic hydroxyl groups is 1. The third kappa shape index (κ3) is 1.74. The largest absolute Gasteiger partial charge is 0.506 e. The summed E-state index contributed by atoms with van der Waals surface area (Å²) in [5.74, 6) is -0.209. The Hall–Kier alpha value is -1.82. The fourth-order valence-electron chi connectivity index (χ4n) is 1.19. The molecule has 0 aliphatic rings. The fraction of sp³-hybridized carbons (Fsp3) is 0.250. The van der Waals surface area contributed by atoms with E-state index in [1.54, 1.807) is 0 Å². The summed E-state index contributed by atoms with van der Waals surface area (Å²) >= 11 is 0. The van der Waals surface area contributed by atoms with Crippen molar-refractivity contribution in [2.24, 2.45) is 0 Å². The Balaban J connectivity index is 3.29. The van der Waals surface area contributed by atoms with Gasteiger partial charge in [-0.25, -0.2) is 0 Å². The highest BCUT2D eigenvalue weighted by molar-refractivity contribution is 5.65. The second kappa shape index (κ2) is 3.93. The smallest absolute Gasteiger partial charge is 0.275 e. The molecular weight excluding hydrogens is 188 g/mol. The molecule has 0 saturated carbocycles. The monoisotopic (exact) mass is 198 g/mol. The molecule has 0 spiro atoms. The summed E-state index contributed by atoms with van der Waals surface area (Å²) in [6.07, 6.45) is 0.0521. The molecule has 0 aliphatic heterocycles. The van der Waals surface area contributed by atoms with E-state index in [1.807, 2.05) is 0 Å². The Bertz CT molecular complexity index is 365. The van der Waals surface area contributed by atoms with Gasteiger partial charge in [0.05, 0.1) is 16.2 Å². The zero-order chi connectivity index (χ0) is 10.7. The maximum Gasteiger partial charge on any atom is 0.275 e. The number of phenolic OH excluding ortho intramolecular Hbond substituents is 1. The van der Waals surface area contributed by atoms with Gasteiger partial charge in [-0.15, -0.1) is 0 Å². The minimum absolute atomic E-state index is 0.0479. The lowest BCUT2D eigenvalue weighted by Crippen LogP contribution is -2.03. The molecular formula is C8H10N2O4. The van der Waals surface area contributed by atoms with Crippen LogP contribution >= 0.6 is 0 Å². The van der Waals surface area contributed by atoms with Crippen molar-refractivity contribution >= 4 is 11.4 Å². The Morgan fingerprint density at radius 2 is 2.14 bits per heavy atom. The summed E-state index contributed by atoms with van der Waals surface area (Å²) in [6, 6.07) is 2.32. The summed E-state index contributed by atoms with van der Waals surface area (Å²) in [7, 11) is 0. The first kappa shape index (κ1) is 10.3. The maximum atomic E-state index is 10.5. The molecule has 14 heavy (non-hydrogen) atoms. The van der Waals surface area contributed by atoms with Crippen molar-refractivity contribution in [3.8, 4) is 5.75 Å². The Kier molecular flexibility index (Phi) is 2.88. The molecule has 76 valence electrons. The minimum atomic E-state index is -0.596. The second-order valence-corrected chi connectivity index (χ2v) is 2.73. The van der Waals surface area contributed by atoms with Crippen molar-refractivity contribution in [3.63, 3.8) is 0 Å². The van der Waals surface area contributed by atoms with Gasteiger partial charge in [0.1, 0.15) is 5.75 Å². The first-order valence-electron chi connectivity index (χ1n) is 3.93. The zero-order valence-electron chi connectivity index (χ0n) is 7.30. The van der Waals surface area contributed by atoms with Gasteiger partial charge in [-0.2, -0.15) is 0 Å². The number of hydrogen-bond acceptors (Lipinski definition) is 5. The second-order valence-electron chi connectivity index (χ2n) is 2.73. The Morgan fingerprint density at radius 3 is 2.64 bits per heavy atom. The zero-order valence-corrected chi connectivity index (χ0v) is 7.30. The molecule has 4 N–H and O–H groups in total. The highest BCUT2D eigenvalue weighted by atomic mass is 16.6. The molecule has 0 amide bonds. The number of anilines is 1. The van der Waals surface area contributed by atoms with Crippen LogP contribution in [0, 0.1) is 10.1 Å². The molecule has 0 saturated heterocycles. The topological polar surface area (TPSA) is 110 Å². The third-order valence-electron chi connectivity index (χ3n) is 1.87. The number of rotatable bonds is 3. The quantitative estimate of drug-likeness (QED) is 0.282. The van der Waals surface area contributed by atoms with Gasteiger partial charge in [-0.05, 0) is 6.07 Å². The normalized spacial score (nSPS) is 10.1. The van der Waals surface area contributed by atoms with Crippen LogP contribution in [0.15, 0.2) is 12.1 Å². The van der Waals surface area contributed by atoms with Crippen LogP contribution < -0.4 is 5.73 Å². The average molecular weight is 198 g/mol. The van der Waals surface area contributed by atoms with Crippen LogP contribution in [0.1, 0.15) is 5.56 Å². The van der Waals surface area contributed by atoms with Gasteiger partial charge in [0.15, 0.2) is 0 Å². The molecule has 6 heteroatoms. The van der Waals surface area contributed by atoms with Gasteiger partial charge >= 0.3 is 0 Å². The van der Waals surface area contributed by atoms with E-state index in [9.17, 15) is 15.2 Å². The molecule has 1 aromatic carbocycles. The molecule has 0 bridgehead atoms. The van der Waals surface area contributed by atoms with Crippen molar-refractivity contribution < 1.29 is 15.1 Å². The number of nitro groups is 1. The summed E-state index contributed by atoms with van der Waals surface area (Å²) in [4.78, 5) is 9.95. The van der Waals surface area contributed by atoms with Crippen LogP contribution in [-0.2, 0) is 6.42 Å². The highest BCUT2D eigenvalue weighted by Gasteiger charge is 2.18. The Labute approximate surface area is 79.7 Å². The van der Waals surface area contributed by atoms with Crippen molar-refractivity contribution in [1.82, 2.24) is 0 Å². The number of nitrogens with zero attached hydrogens (tertiary/aromatic N) is 1. The molecule has 0 atom stereocenters. The number of nitrogens with two attached hydrogens (primary N) is 1. The number of aliphatic hydroxyl groups excluding tert-OH is 1. The molecule has 0 aliphatic carbocycles. The van der Waals surface area contributed by atoms with Gasteiger partial charge in [0, 0.05) is 19.1 Å². The lowest BCUT2D eigenvalue weighted by Gasteiger charge is -2.06. The van der Waals surface area contributed by atoms with Gasteiger partial charge in [-0.3, -0.25) is 10.1 Å². The number of nitrogen functional groups attached to an aromatic ring is 1. The SMILES string of the molecule is Nc1c(O)ccc([N+](=O)[O-])c1CCO. The fourth-order valence-corrected chi connectivity index (χ4v) is 1.19. The van der Waals surface area contributed by atoms with Crippen molar-refractivity contribution in [1.29, 1.82) is 0 Å². The van der Waals surface area contributed by atoms with E-state index in [0.717, 1.165) is 12.1 Å². The van der Waals surface area contributed by atoms with Crippen LogP contribution in [0.4, 0.5) is 11.4 Å². The van der Waals surface area contributed by atoms with E-state index in [0.29, 0.717) is 0 Å². The van der Waals surface area contributed by atoms with Crippen LogP contribution in [0.25, 0.3) is 0 Å². The van der Waals surface area contributed by atoms with Crippen LogP contribution in [0.3, 0.4) is 0 Å². The molecule has 0 radical (unpaired) electrons. The standard InChI is InChI=1S/C8H10N2O4/c9-8-5(3-4-11)6(10(13)14)1-2-7(8)12/h1-2,11-12H,3-4,9H2. The van der Waals surface area contributed by atoms with Crippen LogP contribution in [0.5, 0.6) is 5.75 Å². The van der Waals surface area contributed by atoms with Crippen molar-refractivity contribution in [2.75, 3.05) is 12.3 Å². The maximum absolute atomic E-state index is 10.5. The summed E-state index contributed by atoms with van der Waals surface area (Å²) < 4.78 is 0. The summed E-state index contributed by atoms with van der Waals surface area (Å²) in [6.45, 7) is -0.255. The lowest BCUT2D eigenvalue weighted by molar-refractivity contribution is -0.385. The van der Waals surface area contributed by atoms with Gasteiger partial charge in [-0.1, -0.05) is 0 Å². The van der Waals surface area contributed by atoms with Gasteiger partial charge < -0.3 is 15.9 Å². The van der Waals surface area contributed by atoms with E-state index in [2.05, 4.69) is 0 Å². The molecule has 1 rings (SSSR count). The molecule has 1 aromatic rings. The van der Waals surface area contributed by atoms with E-state index in [-0.39, 0.29) is 35.7 Å². The van der Waals surface area contributed by atoms with Crippen molar-refractivity contribution in [3.05, 3.63) is 27.8 Å².